The standard InChI is InChI=1S/C14H21F3O4/c1-8(2)11(18)19-7-10-14(16,17)9(6-15)20-12(21-10)13(3,4)5/h9-10,12H,1,6-7H2,2-5H3. The topological polar surface area (TPSA) is 44.8 Å². The van der Waals surface area contributed by atoms with Crippen LogP contribution >= 0.6 is 0 Å². The number of carbonyl (C=O) groups is 1. The van der Waals surface area contributed by atoms with Gasteiger partial charge in [0.15, 0.2) is 18.5 Å². The average molecular weight is 310 g/mol. The Labute approximate surface area is 122 Å². The summed E-state index contributed by atoms with van der Waals surface area (Å²) in [4.78, 5) is 11.3. The highest BCUT2D eigenvalue weighted by Crippen LogP contribution is 2.39. The van der Waals surface area contributed by atoms with E-state index in [4.69, 9.17) is 14.2 Å². The summed E-state index contributed by atoms with van der Waals surface area (Å²) >= 11 is 0. The summed E-state index contributed by atoms with van der Waals surface area (Å²) in [5, 5.41) is 0. The zero-order valence-corrected chi connectivity index (χ0v) is 12.6. The Morgan fingerprint density at radius 2 is 1.81 bits per heavy atom. The maximum atomic E-state index is 14.0. The molecule has 0 amide bonds. The van der Waals surface area contributed by atoms with Crippen molar-refractivity contribution in [1.82, 2.24) is 0 Å². The normalized spacial score (nSPS) is 29.0. The summed E-state index contributed by atoms with van der Waals surface area (Å²) < 4.78 is 55.8. The van der Waals surface area contributed by atoms with Crippen LogP contribution in [0.5, 0.6) is 0 Å². The minimum absolute atomic E-state index is 0.0831. The highest BCUT2D eigenvalue weighted by atomic mass is 19.3. The average Bonchev–Trinajstić information content (AvgIpc) is 2.34. The van der Waals surface area contributed by atoms with Crippen molar-refractivity contribution in [2.75, 3.05) is 13.3 Å². The minimum atomic E-state index is -3.59. The van der Waals surface area contributed by atoms with E-state index in [-0.39, 0.29) is 5.57 Å². The lowest BCUT2D eigenvalue weighted by Crippen LogP contribution is -2.60. The summed E-state index contributed by atoms with van der Waals surface area (Å²) in [5.74, 6) is -4.39. The van der Waals surface area contributed by atoms with E-state index < -0.39 is 49.1 Å². The smallest absolute Gasteiger partial charge is 0.333 e. The summed E-state index contributed by atoms with van der Waals surface area (Å²) in [6, 6.07) is 0. The van der Waals surface area contributed by atoms with Gasteiger partial charge >= 0.3 is 11.9 Å². The van der Waals surface area contributed by atoms with Crippen LogP contribution < -0.4 is 0 Å². The van der Waals surface area contributed by atoms with Gasteiger partial charge in [0.1, 0.15) is 13.3 Å². The molecule has 0 aromatic heterocycles. The number of hydrogen-bond donors (Lipinski definition) is 0. The summed E-state index contributed by atoms with van der Waals surface area (Å²) in [7, 11) is 0. The molecule has 4 nitrogen and oxygen atoms in total. The van der Waals surface area contributed by atoms with E-state index in [1.54, 1.807) is 20.8 Å². The van der Waals surface area contributed by atoms with Gasteiger partial charge < -0.3 is 14.2 Å². The van der Waals surface area contributed by atoms with Crippen molar-refractivity contribution in [3.63, 3.8) is 0 Å². The number of halogens is 3. The Hall–Kier alpha value is -1.08. The first kappa shape index (κ1) is 18.0. The minimum Gasteiger partial charge on any atom is -0.459 e. The summed E-state index contributed by atoms with van der Waals surface area (Å²) in [6.07, 6.45) is -4.71. The Morgan fingerprint density at radius 3 is 2.24 bits per heavy atom. The molecule has 0 aliphatic carbocycles. The maximum absolute atomic E-state index is 14.0. The van der Waals surface area contributed by atoms with E-state index in [1.165, 1.54) is 6.92 Å². The largest absolute Gasteiger partial charge is 0.459 e. The van der Waals surface area contributed by atoms with Crippen molar-refractivity contribution in [3.8, 4) is 0 Å². The van der Waals surface area contributed by atoms with Gasteiger partial charge in [0.2, 0.25) is 0 Å². The lowest BCUT2D eigenvalue weighted by Gasteiger charge is -2.44. The third-order valence-corrected chi connectivity index (χ3v) is 3.00. The first-order valence-electron chi connectivity index (χ1n) is 6.57. The third-order valence-electron chi connectivity index (χ3n) is 3.00. The van der Waals surface area contributed by atoms with Crippen LogP contribution in [0.1, 0.15) is 27.7 Å². The quantitative estimate of drug-likeness (QED) is 0.591. The van der Waals surface area contributed by atoms with Crippen LogP contribution in [0.2, 0.25) is 0 Å². The second-order valence-electron chi connectivity index (χ2n) is 6.16. The van der Waals surface area contributed by atoms with E-state index in [2.05, 4.69) is 6.58 Å². The third kappa shape index (κ3) is 4.20. The number of ether oxygens (including phenoxy) is 3. The molecule has 0 radical (unpaired) electrons. The van der Waals surface area contributed by atoms with Gasteiger partial charge in [0.25, 0.3) is 0 Å². The van der Waals surface area contributed by atoms with Gasteiger partial charge in [0, 0.05) is 11.0 Å². The molecule has 1 saturated heterocycles. The fourth-order valence-electron chi connectivity index (χ4n) is 1.69. The molecule has 21 heavy (non-hydrogen) atoms. The van der Waals surface area contributed by atoms with Crippen molar-refractivity contribution in [2.24, 2.45) is 5.41 Å². The number of hydrogen-bond acceptors (Lipinski definition) is 4. The summed E-state index contributed by atoms with van der Waals surface area (Å²) in [5.41, 5.74) is -0.541. The molecule has 0 aromatic carbocycles. The first-order chi connectivity index (χ1) is 9.50. The zero-order chi connectivity index (χ0) is 16.4. The Bertz CT molecular complexity index is 404. The monoisotopic (exact) mass is 310 g/mol. The Morgan fingerprint density at radius 1 is 1.29 bits per heavy atom. The molecule has 1 heterocycles. The number of alkyl halides is 3. The molecule has 1 aliphatic heterocycles. The van der Waals surface area contributed by atoms with E-state index in [0.29, 0.717) is 0 Å². The van der Waals surface area contributed by atoms with Crippen LogP contribution in [0.3, 0.4) is 0 Å². The van der Waals surface area contributed by atoms with Gasteiger partial charge in [-0.15, -0.1) is 0 Å². The van der Waals surface area contributed by atoms with Gasteiger partial charge in [-0.05, 0) is 6.92 Å². The lowest BCUT2D eigenvalue weighted by atomic mass is 9.93. The van der Waals surface area contributed by atoms with Gasteiger partial charge in [-0.25, -0.2) is 18.0 Å². The molecule has 1 aliphatic rings. The second kappa shape index (κ2) is 6.36. The molecule has 1 fully saturated rings. The van der Waals surface area contributed by atoms with Crippen LogP contribution in [-0.4, -0.2) is 43.7 Å². The highest BCUT2D eigenvalue weighted by Gasteiger charge is 2.56. The highest BCUT2D eigenvalue weighted by molar-refractivity contribution is 5.86. The van der Waals surface area contributed by atoms with Gasteiger partial charge in [-0.1, -0.05) is 27.4 Å². The van der Waals surface area contributed by atoms with Crippen LogP contribution in [0, 0.1) is 5.41 Å². The predicted octanol–water partition coefficient (Wildman–Crippen LogP) is 2.87. The molecule has 122 valence electrons. The molecular weight excluding hydrogens is 289 g/mol. The Balaban J connectivity index is 2.86. The van der Waals surface area contributed by atoms with Crippen LogP contribution in [-0.2, 0) is 19.0 Å². The molecule has 0 spiro atoms. The number of esters is 1. The van der Waals surface area contributed by atoms with Crippen LogP contribution in [0.15, 0.2) is 12.2 Å². The van der Waals surface area contributed by atoms with Crippen LogP contribution in [0.4, 0.5) is 13.2 Å². The molecular formula is C14H21F3O4. The maximum Gasteiger partial charge on any atom is 0.333 e. The predicted molar refractivity (Wildman–Crippen MR) is 69.7 cm³/mol. The SMILES string of the molecule is C=C(C)C(=O)OCC1OC(C(C)(C)C)OC(CF)C1(F)F. The van der Waals surface area contributed by atoms with Gasteiger partial charge in [-0.3, -0.25) is 0 Å². The van der Waals surface area contributed by atoms with Crippen molar-refractivity contribution in [3.05, 3.63) is 12.2 Å². The van der Waals surface area contributed by atoms with Gasteiger partial charge in [-0.2, -0.15) is 0 Å². The second-order valence-corrected chi connectivity index (χ2v) is 6.16. The zero-order valence-electron chi connectivity index (χ0n) is 12.6. The fourth-order valence-corrected chi connectivity index (χ4v) is 1.69. The molecule has 0 N–H and O–H groups in total. The van der Waals surface area contributed by atoms with Crippen molar-refractivity contribution < 1.29 is 32.2 Å². The summed E-state index contributed by atoms with van der Waals surface area (Å²) in [6.45, 7) is 7.85. The van der Waals surface area contributed by atoms with E-state index >= 15 is 0 Å². The van der Waals surface area contributed by atoms with E-state index in [9.17, 15) is 18.0 Å². The molecule has 0 saturated carbocycles. The van der Waals surface area contributed by atoms with E-state index in [0.717, 1.165) is 0 Å². The van der Waals surface area contributed by atoms with E-state index in [1.807, 2.05) is 0 Å². The molecule has 1 rings (SSSR count). The molecule has 7 heteroatoms. The fraction of sp³-hybridized carbons (Fsp3) is 0.786. The number of rotatable bonds is 4. The first-order valence-corrected chi connectivity index (χ1v) is 6.57. The lowest BCUT2D eigenvalue weighted by molar-refractivity contribution is -0.364. The Kier molecular flexibility index (Phi) is 5.44. The number of carbonyl (C=O) groups excluding carboxylic acids is 1. The van der Waals surface area contributed by atoms with Crippen molar-refractivity contribution >= 4 is 5.97 Å². The van der Waals surface area contributed by atoms with Crippen LogP contribution in [0.25, 0.3) is 0 Å². The molecule has 0 aromatic rings. The van der Waals surface area contributed by atoms with Crippen molar-refractivity contribution in [2.45, 2.75) is 52.1 Å². The van der Waals surface area contributed by atoms with Gasteiger partial charge in [0.05, 0.1) is 0 Å². The molecule has 3 unspecified atom stereocenters. The molecule has 0 bridgehead atoms. The molecule has 3 atom stereocenters. The van der Waals surface area contributed by atoms with Crippen molar-refractivity contribution in [1.29, 1.82) is 0 Å².